The summed E-state index contributed by atoms with van der Waals surface area (Å²) in [6, 6.07) is 19.0. The summed E-state index contributed by atoms with van der Waals surface area (Å²) in [5, 5.41) is 12.0. The molecule has 1 atom stereocenters. The lowest BCUT2D eigenvalue weighted by atomic mass is 9.94. The fourth-order valence-electron chi connectivity index (χ4n) is 5.15. The first-order valence-electron chi connectivity index (χ1n) is 12.7. The van der Waals surface area contributed by atoms with E-state index in [0.29, 0.717) is 40.7 Å². The molecule has 5 rings (SSSR count). The van der Waals surface area contributed by atoms with Crippen molar-refractivity contribution < 1.29 is 19.4 Å². The molecule has 0 aromatic heterocycles. The molecule has 1 fully saturated rings. The van der Waals surface area contributed by atoms with E-state index in [2.05, 4.69) is 18.7 Å². The summed E-state index contributed by atoms with van der Waals surface area (Å²) in [6.45, 7) is 7.16. The molecule has 1 N–H and O–H groups in total. The summed E-state index contributed by atoms with van der Waals surface area (Å²) < 4.78 is 5.73. The van der Waals surface area contributed by atoms with Crippen LogP contribution in [-0.4, -0.2) is 50.1 Å². The lowest BCUT2D eigenvalue weighted by Gasteiger charge is -2.28. The lowest BCUT2D eigenvalue weighted by Crippen LogP contribution is -2.29. The number of hydrogen-bond acceptors (Lipinski definition) is 6. The minimum absolute atomic E-state index is 0.0323. The van der Waals surface area contributed by atoms with E-state index in [0.717, 1.165) is 24.5 Å². The number of anilines is 3. The van der Waals surface area contributed by atoms with Crippen LogP contribution >= 0.6 is 11.6 Å². The largest absolute Gasteiger partial charge is 0.507 e. The maximum Gasteiger partial charge on any atom is 0.300 e. The quantitative estimate of drug-likeness (QED) is 0.252. The standard InChI is InChI=1S/C30H30ClN3O4/c1-4-33(5-2)22-12-9-19(10-13-22)27-26(29(36)30(37)34(27)23-8-6-7-21(31)18-23)28(35)20-11-14-25-24(17-20)32(3)15-16-38-25/h6-14,17-18,27,35H,4-5,15-16H2,1-3H3/b28-26-. The monoisotopic (exact) mass is 531 g/mol. The number of halogens is 1. The third kappa shape index (κ3) is 4.47. The average molecular weight is 532 g/mol. The first-order valence-corrected chi connectivity index (χ1v) is 13.1. The highest BCUT2D eigenvalue weighted by Crippen LogP contribution is 2.44. The Kier molecular flexibility index (Phi) is 7.04. The Morgan fingerprint density at radius 2 is 1.79 bits per heavy atom. The molecule has 1 amide bonds. The van der Waals surface area contributed by atoms with Crippen molar-refractivity contribution in [2.75, 3.05) is 48.0 Å². The van der Waals surface area contributed by atoms with Gasteiger partial charge in [0.25, 0.3) is 11.7 Å². The summed E-state index contributed by atoms with van der Waals surface area (Å²) in [7, 11) is 1.95. The number of amides is 1. The Labute approximate surface area is 227 Å². The zero-order valence-electron chi connectivity index (χ0n) is 21.6. The lowest BCUT2D eigenvalue weighted by molar-refractivity contribution is -0.132. The SMILES string of the molecule is CCN(CC)c1ccc(C2/C(=C(/O)c3ccc4c(c3)N(C)CCO4)C(=O)C(=O)N2c2cccc(Cl)c2)cc1. The van der Waals surface area contributed by atoms with Crippen molar-refractivity contribution >= 4 is 46.1 Å². The second kappa shape index (κ2) is 10.4. The van der Waals surface area contributed by atoms with Crippen molar-refractivity contribution in [1.29, 1.82) is 0 Å². The number of likely N-dealkylation sites (N-methyl/N-ethyl adjacent to an activating group) is 1. The molecule has 0 aliphatic carbocycles. The highest BCUT2D eigenvalue weighted by Gasteiger charge is 2.47. The van der Waals surface area contributed by atoms with Crippen LogP contribution in [-0.2, 0) is 9.59 Å². The van der Waals surface area contributed by atoms with Crippen LogP contribution in [0.15, 0.2) is 72.3 Å². The highest BCUT2D eigenvalue weighted by molar-refractivity contribution is 6.51. The van der Waals surface area contributed by atoms with Gasteiger partial charge in [0, 0.05) is 42.1 Å². The molecule has 1 unspecified atom stereocenters. The summed E-state index contributed by atoms with van der Waals surface area (Å²) in [6.07, 6.45) is 0. The van der Waals surface area contributed by atoms with Crippen LogP contribution < -0.4 is 19.4 Å². The number of rotatable bonds is 6. The molecule has 0 saturated carbocycles. The van der Waals surface area contributed by atoms with E-state index in [1.165, 1.54) is 4.90 Å². The number of fused-ring (bicyclic) bond motifs is 1. The van der Waals surface area contributed by atoms with E-state index in [1.54, 1.807) is 42.5 Å². The average Bonchev–Trinajstić information content (AvgIpc) is 3.19. The van der Waals surface area contributed by atoms with Gasteiger partial charge in [-0.2, -0.15) is 0 Å². The van der Waals surface area contributed by atoms with E-state index >= 15 is 0 Å². The van der Waals surface area contributed by atoms with Gasteiger partial charge in [-0.25, -0.2) is 0 Å². The van der Waals surface area contributed by atoms with Gasteiger partial charge in [-0.3, -0.25) is 14.5 Å². The van der Waals surface area contributed by atoms with Crippen LogP contribution in [0.5, 0.6) is 5.75 Å². The molecule has 3 aromatic rings. The van der Waals surface area contributed by atoms with E-state index in [-0.39, 0.29) is 11.3 Å². The minimum Gasteiger partial charge on any atom is -0.507 e. The van der Waals surface area contributed by atoms with Crippen molar-refractivity contribution in [2.45, 2.75) is 19.9 Å². The third-order valence-corrected chi connectivity index (χ3v) is 7.43. The predicted octanol–water partition coefficient (Wildman–Crippen LogP) is 5.64. The number of benzene rings is 3. The number of ether oxygens (including phenoxy) is 1. The number of Topliss-reactive ketones (excluding diaryl/α,β-unsaturated/α-hetero) is 1. The molecule has 38 heavy (non-hydrogen) atoms. The molecule has 3 aromatic carbocycles. The van der Waals surface area contributed by atoms with Gasteiger partial charge in [0.05, 0.1) is 23.8 Å². The second-order valence-corrected chi connectivity index (χ2v) is 9.80. The molecule has 196 valence electrons. The van der Waals surface area contributed by atoms with Crippen molar-refractivity contribution in [2.24, 2.45) is 0 Å². The van der Waals surface area contributed by atoms with Gasteiger partial charge in [-0.15, -0.1) is 0 Å². The minimum atomic E-state index is -0.829. The fraction of sp³-hybridized carbons (Fsp3) is 0.267. The molecule has 0 bridgehead atoms. The van der Waals surface area contributed by atoms with Crippen molar-refractivity contribution in [3.63, 3.8) is 0 Å². The topological polar surface area (TPSA) is 73.3 Å². The van der Waals surface area contributed by atoms with Gasteiger partial charge in [-0.1, -0.05) is 29.8 Å². The third-order valence-electron chi connectivity index (χ3n) is 7.20. The van der Waals surface area contributed by atoms with Gasteiger partial charge < -0.3 is 19.6 Å². The Morgan fingerprint density at radius 1 is 1.05 bits per heavy atom. The second-order valence-electron chi connectivity index (χ2n) is 9.37. The fourth-order valence-corrected chi connectivity index (χ4v) is 5.33. The maximum atomic E-state index is 13.5. The van der Waals surface area contributed by atoms with Gasteiger partial charge >= 0.3 is 0 Å². The van der Waals surface area contributed by atoms with E-state index < -0.39 is 17.7 Å². The number of carbonyl (C=O) groups excluding carboxylic acids is 2. The Hall–Kier alpha value is -3.97. The molecule has 8 heteroatoms. The number of hydrogen-bond donors (Lipinski definition) is 1. The van der Waals surface area contributed by atoms with Crippen LogP contribution in [0.25, 0.3) is 5.76 Å². The van der Waals surface area contributed by atoms with Crippen LogP contribution in [0, 0.1) is 0 Å². The summed E-state index contributed by atoms with van der Waals surface area (Å²) in [5.74, 6) is -0.988. The number of aliphatic hydroxyl groups excluding tert-OH is 1. The van der Waals surface area contributed by atoms with E-state index in [9.17, 15) is 14.7 Å². The Balaban J connectivity index is 1.67. The normalized spacial score (nSPS) is 18.4. The molecule has 1 saturated heterocycles. The van der Waals surface area contributed by atoms with Crippen molar-refractivity contribution in [1.82, 2.24) is 0 Å². The summed E-state index contributed by atoms with van der Waals surface area (Å²) in [4.78, 5) is 32.6. The number of nitrogens with zero attached hydrogens (tertiary/aromatic N) is 3. The molecular formula is C30H30ClN3O4. The zero-order chi connectivity index (χ0) is 27.0. The highest BCUT2D eigenvalue weighted by atomic mass is 35.5. The molecular weight excluding hydrogens is 502 g/mol. The van der Waals surface area contributed by atoms with E-state index in [4.69, 9.17) is 16.3 Å². The molecule has 0 spiro atoms. The first kappa shape index (κ1) is 25.7. The molecule has 2 aliphatic heterocycles. The van der Waals surface area contributed by atoms with Gasteiger partial charge in [-0.05, 0) is 67.9 Å². The smallest absolute Gasteiger partial charge is 0.300 e. The summed E-state index contributed by atoms with van der Waals surface area (Å²) >= 11 is 6.26. The van der Waals surface area contributed by atoms with Gasteiger partial charge in [0.2, 0.25) is 0 Å². The van der Waals surface area contributed by atoms with Crippen LogP contribution in [0.1, 0.15) is 31.0 Å². The molecule has 7 nitrogen and oxygen atoms in total. The van der Waals surface area contributed by atoms with Gasteiger partial charge in [0.15, 0.2) is 0 Å². The summed E-state index contributed by atoms with van der Waals surface area (Å²) in [5.41, 5.74) is 3.51. The number of ketones is 1. The van der Waals surface area contributed by atoms with E-state index in [1.807, 2.05) is 36.2 Å². The zero-order valence-corrected chi connectivity index (χ0v) is 22.4. The predicted molar refractivity (Wildman–Crippen MR) is 151 cm³/mol. The first-order chi connectivity index (χ1) is 18.3. The number of aliphatic hydroxyl groups is 1. The van der Waals surface area contributed by atoms with Gasteiger partial charge in [0.1, 0.15) is 18.1 Å². The van der Waals surface area contributed by atoms with Crippen molar-refractivity contribution in [3.05, 3.63) is 88.5 Å². The Morgan fingerprint density at radius 3 is 2.47 bits per heavy atom. The van der Waals surface area contributed by atoms with Crippen LogP contribution in [0.4, 0.5) is 17.1 Å². The maximum absolute atomic E-state index is 13.5. The van der Waals surface area contributed by atoms with Crippen molar-refractivity contribution in [3.8, 4) is 5.75 Å². The molecule has 2 aliphatic rings. The molecule has 2 heterocycles. The van der Waals surface area contributed by atoms with Crippen LogP contribution in [0.2, 0.25) is 5.02 Å². The number of carbonyl (C=O) groups is 2. The van der Waals surface area contributed by atoms with Crippen LogP contribution in [0.3, 0.4) is 0 Å². The molecule has 0 radical (unpaired) electrons. The Bertz CT molecular complexity index is 1420.